The second kappa shape index (κ2) is 30.4. The van der Waals surface area contributed by atoms with Crippen LogP contribution in [0.25, 0.3) is 0 Å². The van der Waals surface area contributed by atoms with E-state index in [-0.39, 0.29) is 19.2 Å². The molecule has 0 bridgehead atoms. The maximum Gasteiger partial charge on any atom is 0.132 e. The summed E-state index contributed by atoms with van der Waals surface area (Å²) in [6.07, 6.45) is 9.46. The number of aldehydes is 6. The molecule has 0 aromatic heterocycles. The fraction of sp³-hybridized carbons (Fsp3) is 0.684. The molecule has 31 heavy (non-hydrogen) atoms. The van der Waals surface area contributed by atoms with E-state index in [1.807, 2.05) is 0 Å². The number of alkyl halides is 6. The molecule has 0 fully saturated rings. The Morgan fingerprint density at radius 1 is 0.516 bits per heavy atom. The van der Waals surface area contributed by atoms with Crippen LogP contribution in [-0.4, -0.2) is 61.3 Å². The van der Waals surface area contributed by atoms with Gasteiger partial charge in [-0.1, -0.05) is 143 Å². The first-order chi connectivity index (χ1) is 14.1. The quantitative estimate of drug-likeness (QED) is 0.114. The molecule has 182 valence electrons. The molecule has 6 atom stereocenters. The molecule has 0 aromatic rings. The van der Waals surface area contributed by atoms with Crippen molar-refractivity contribution in [2.45, 2.75) is 69.5 Å². The molecular formula is C19H28I6O6. The SMILES string of the molecule is C.O=CC(I)CCC(I)C=O.O=CCC(I)C(I)CC=O.O=CCC(I)CC(I)C=O. The molecule has 0 heterocycles. The van der Waals surface area contributed by atoms with Crippen molar-refractivity contribution in [2.24, 2.45) is 0 Å². The van der Waals surface area contributed by atoms with E-state index >= 15 is 0 Å². The highest BCUT2D eigenvalue weighted by Gasteiger charge is 2.13. The summed E-state index contributed by atoms with van der Waals surface area (Å²) in [7, 11) is 0. The van der Waals surface area contributed by atoms with Crippen molar-refractivity contribution in [1.82, 2.24) is 0 Å². The molecule has 6 nitrogen and oxygen atoms in total. The number of hydrogen-bond donors (Lipinski definition) is 0. The lowest BCUT2D eigenvalue weighted by Crippen LogP contribution is -2.14. The first-order valence-corrected chi connectivity index (χ1v) is 16.1. The van der Waals surface area contributed by atoms with Gasteiger partial charge in [-0.05, 0) is 19.3 Å². The van der Waals surface area contributed by atoms with Crippen LogP contribution in [0.5, 0.6) is 0 Å². The first kappa shape index (κ1) is 40.6. The summed E-state index contributed by atoms with van der Waals surface area (Å²) in [5, 5.41) is 0. The molecule has 0 aromatic carbocycles. The van der Waals surface area contributed by atoms with Gasteiger partial charge in [-0.2, -0.15) is 0 Å². The average Bonchev–Trinajstić information content (AvgIpc) is 2.72. The van der Waals surface area contributed by atoms with Gasteiger partial charge in [-0.25, -0.2) is 0 Å². The average molecular weight is 1110 g/mol. The summed E-state index contributed by atoms with van der Waals surface area (Å²) >= 11 is 12.8. The van der Waals surface area contributed by atoms with E-state index in [4.69, 9.17) is 0 Å². The molecule has 6 unspecified atom stereocenters. The lowest BCUT2D eigenvalue weighted by molar-refractivity contribution is -0.109. The molecule has 0 aliphatic carbocycles. The molecular weight excluding hydrogens is 1090 g/mol. The first-order valence-electron chi connectivity index (χ1n) is 8.64. The van der Waals surface area contributed by atoms with Crippen molar-refractivity contribution in [3.63, 3.8) is 0 Å². The van der Waals surface area contributed by atoms with Crippen molar-refractivity contribution < 1.29 is 28.8 Å². The third kappa shape index (κ3) is 32.4. The summed E-state index contributed by atoms with van der Waals surface area (Å²) < 4.78 is 1.08. The van der Waals surface area contributed by atoms with Crippen molar-refractivity contribution >= 4 is 173 Å². The van der Waals surface area contributed by atoms with E-state index < -0.39 is 0 Å². The number of rotatable bonds is 15. The highest BCUT2D eigenvalue weighted by Crippen LogP contribution is 2.19. The number of hydrogen-bond acceptors (Lipinski definition) is 6. The Bertz CT molecular complexity index is 455. The van der Waals surface area contributed by atoms with Crippen molar-refractivity contribution in [3.05, 3.63) is 0 Å². The fourth-order valence-electron chi connectivity index (χ4n) is 1.43. The Hall–Kier alpha value is 2.40. The topological polar surface area (TPSA) is 102 Å². The molecule has 0 aliphatic rings. The minimum absolute atomic E-state index is 0. The monoisotopic (exact) mass is 1110 g/mol. The lowest BCUT2D eigenvalue weighted by atomic mass is 10.2. The van der Waals surface area contributed by atoms with Gasteiger partial charge < -0.3 is 28.8 Å². The van der Waals surface area contributed by atoms with Crippen LogP contribution in [0, 0.1) is 0 Å². The Balaban J connectivity index is -0.000000174. The summed E-state index contributed by atoms with van der Waals surface area (Å²) in [4.78, 5) is 60.4. The Kier molecular flexibility index (Phi) is 39.8. The van der Waals surface area contributed by atoms with E-state index in [9.17, 15) is 28.8 Å². The van der Waals surface area contributed by atoms with Gasteiger partial charge in [0.2, 0.25) is 0 Å². The molecule has 0 saturated heterocycles. The summed E-state index contributed by atoms with van der Waals surface area (Å²) in [6, 6.07) is 0. The van der Waals surface area contributed by atoms with Crippen LogP contribution >= 0.6 is 136 Å². The molecule has 0 saturated carbocycles. The standard InChI is InChI=1S/3C6H8I2O2.CH4/c7-5(1-3-9)6(8)2-4-10;7-5(1-2-9)3-6(8)4-10;7-5(3-9)1-2-6(8)4-10;/h3-6H,1-2H2;2,4-6H,1,3H2;3-6H,1-2H2;1H4. The third-order valence-corrected chi connectivity index (χ3v) is 10.8. The zero-order valence-electron chi connectivity index (χ0n) is 15.9. The molecule has 0 aliphatic heterocycles. The summed E-state index contributed by atoms with van der Waals surface area (Å²) in [5.74, 6) is 0. The van der Waals surface area contributed by atoms with Crippen LogP contribution in [0.15, 0.2) is 0 Å². The van der Waals surface area contributed by atoms with Gasteiger partial charge in [0.25, 0.3) is 0 Å². The summed E-state index contributed by atoms with van der Waals surface area (Å²) in [5.41, 5.74) is 0. The van der Waals surface area contributed by atoms with Crippen LogP contribution in [0.1, 0.15) is 46.0 Å². The minimum atomic E-state index is 0. The maximum atomic E-state index is 10.1. The maximum absolute atomic E-state index is 10.1. The summed E-state index contributed by atoms with van der Waals surface area (Å²) in [6.45, 7) is 0. The largest absolute Gasteiger partial charge is 0.303 e. The second-order valence-corrected chi connectivity index (χ2v) is 15.4. The predicted molar refractivity (Wildman–Crippen MR) is 178 cm³/mol. The van der Waals surface area contributed by atoms with Crippen LogP contribution in [0.4, 0.5) is 0 Å². The van der Waals surface area contributed by atoms with E-state index in [0.29, 0.717) is 31.0 Å². The van der Waals surface area contributed by atoms with Crippen molar-refractivity contribution in [1.29, 1.82) is 0 Å². The Labute approximate surface area is 267 Å². The molecule has 0 spiro atoms. The van der Waals surface area contributed by atoms with E-state index in [1.165, 1.54) is 0 Å². The van der Waals surface area contributed by atoms with E-state index in [1.54, 1.807) is 0 Å². The van der Waals surface area contributed by atoms with Crippen molar-refractivity contribution in [2.75, 3.05) is 0 Å². The molecule has 0 N–H and O–H groups in total. The number of halogens is 6. The second-order valence-electron chi connectivity index (χ2n) is 5.61. The third-order valence-electron chi connectivity index (χ3n) is 3.03. The van der Waals surface area contributed by atoms with Gasteiger partial charge >= 0.3 is 0 Å². The number of carbonyl (C=O) groups excluding carboxylic acids is 6. The normalized spacial score (nSPS) is 15.3. The molecule has 12 heteroatoms. The fourth-order valence-corrected chi connectivity index (χ4v) is 5.50. The Morgan fingerprint density at radius 3 is 1.10 bits per heavy atom. The van der Waals surface area contributed by atoms with Crippen LogP contribution < -0.4 is 0 Å². The highest BCUT2D eigenvalue weighted by atomic mass is 127. The smallest absolute Gasteiger partial charge is 0.132 e. The van der Waals surface area contributed by atoms with Gasteiger partial charge in [-0.3, -0.25) is 0 Å². The lowest BCUT2D eigenvalue weighted by Gasteiger charge is -2.09. The highest BCUT2D eigenvalue weighted by molar-refractivity contribution is 14.1. The number of carbonyl (C=O) groups is 6. The molecule has 0 radical (unpaired) electrons. The predicted octanol–water partition coefficient (Wildman–Crippen LogP) is 5.95. The van der Waals surface area contributed by atoms with Gasteiger partial charge in [0.05, 0.1) is 11.8 Å². The van der Waals surface area contributed by atoms with Gasteiger partial charge in [-0.15, -0.1) is 0 Å². The van der Waals surface area contributed by atoms with Crippen LogP contribution in [-0.2, 0) is 28.8 Å². The van der Waals surface area contributed by atoms with Gasteiger partial charge in [0.1, 0.15) is 37.7 Å². The van der Waals surface area contributed by atoms with E-state index in [2.05, 4.69) is 136 Å². The zero-order valence-corrected chi connectivity index (χ0v) is 28.8. The van der Waals surface area contributed by atoms with Crippen LogP contribution in [0.2, 0.25) is 0 Å². The van der Waals surface area contributed by atoms with Crippen molar-refractivity contribution in [3.8, 4) is 0 Å². The zero-order chi connectivity index (χ0) is 23.9. The Morgan fingerprint density at radius 2 is 0.839 bits per heavy atom. The minimum Gasteiger partial charge on any atom is -0.303 e. The molecule has 0 amide bonds. The van der Waals surface area contributed by atoms with Gasteiger partial charge in [0.15, 0.2) is 0 Å². The van der Waals surface area contributed by atoms with Gasteiger partial charge in [0, 0.05) is 31.0 Å². The van der Waals surface area contributed by atoms with E-state index in [0.717, 1.165) is 57.0 Å². The van der Waals surface area contributed by atoms with Crippen LogP contribution in [0.3, 0.4) is 0 Å². The molecule has 0 rings (SSSR count).